The molecule has 11 heteroatoms. The fourth-order valence-corrected chi connectivity index (χ4v) is 6.61. The third-order valence-electron chi connectivity index (χ3n) is 7.24. The van der Waals surface area contributed by atoms with E-state index in [1.165, 1.54) is 6.07 Å². The predicted octanol–water partition coefficient (Wildman–Crippen LogP) is 7.78. The van der Waals surface area contributed by atoms with Gasteiger partial charge in [0, 0.05) is 41.2 Å². The molecule has 2 aliphatic rings. The normalized spacial score (nSPS) is 16.5. The molecule has 2 aromatic carbocycles. The smallest absolute Gasteiger partial charge is 0.317 e. The number of carbonyl (C=O) groups is 1. The second-order valence-electron chi connectivity index (χ2n) is 9.92. The van der Waals surface area contributed by atoms with Gasteiger partial charge in [-0.15, -0.1) is 0 Å². The standard InChI is InChI=1S/C29H27Cl2F3N4OS/c30-22-8-6-20(7-9-22)3-2-16-37(18-21-10-13-36-25(31)17-21)27(39)38-19-28(11-14-35-15-12-28)26-23(38)4-1-5-24(26)40-29(32,33)34/h1-10,13,17,35H,11-12,14-16,18-19H2. The number of nitrogens with one attached hydrogen (secondary N) is 1. The van der Waals surface area contributed by atoms with Crippen LogP contribution in [-0.2, 0) is 12.0 Å². The summed E-state index contributed by atoms with van der Waals surface area (Å²) in [6.07, 6.45) is 6.67. The Kier molecular flexibility index (Phi) is 8.66. The number of aromatic nitrogens is 1. The summed E-state index contributed by atoms with van der Waals surface area (Å²) in [5.41, 5.74) is -2.09. The van der Waals surface area contributed by atoms with Crippen molar-refractivity contribution in [3.63, 3.8) is 0 Å². The number of pyridine rings is 1. The number of hydrogen-bond acceptors (Lipinski definition) is 4. The fourth-order valence-electron chi connectivity index (χ4n) is 5.47. The quantitative estimate of drug-likeness (QED) is 0.230. The SMILES string of the molecule is O=C(N(CC=Cc1ccc(Cl)cc1)Cc1ccnc(Cl)c1)N1CC2(CCNCC2)c2c(SC(F)(F)F)cccc21. The van der Waals surface area contributed by atoms with Gasteiger partial charge in [0.2, 0.25) is 0 Å². The number of urea groups is 1. The zero-order valence-corrected chi connectivity index (χ0v) is 23.8. The van der Waals surface area contributed by atoms with Gasteiger partial charge in [-0.25, -0.2) is 9.78 Å². The van der Waals surface area contributed by atoms with Crippen molar-refractivity contribution in [2.75, 3.05) is 31.1 Å². The second kappa shape index (κ2) is 12.0. The van der Waals surface area contributed by atoms with Crippen LogP contribution in [0, 0.1) is 0 Å². The van der Waals surface area contributed by atoms with Gasteiger partial charge in [-0.3, -0.25) is 4.90 Å². The molecule has 0 aliphatic carbocycles. The molecule has 1 fully saturated rings. The van der Waals surface area contributed by atoms with E-state index < -0.39 is 10.9 Å². The largest absolute Gasteiger partial charge is 0.446 e. The van der Waals surface area contributed by atoms with Crippen molar-refractivity contribution < 1.29 is 18.0 Å². The summed E-state index contributed by atoms with van der Waals surface area (Å²) >= 11 is 12.0. The molecule has 0 bridgehead atoms. The molecule has 1 N–H and O–H groups in total. The van der Waals surface area contributed by atoms with Crippen LogP contribution in [0.3, 0.4) is 0 Å². The Hall–Kier alpha value is -2.72. The number of benzene rings is 2. The molecule has 2 aliphatic heterocycles. The number of alkyl halides is 3. The van der Waals surface area contributed by atoms with Crippen molar-refractivity contribution in [3.8, 4) is 0 Å². The summed E-state index contributed by atoms with van der Waals surface area (Å²) in [4.78, 5) is 21.7. The minimum atomic E-state index is -4.43. The highest BCUT2D eigenvalue weighted by Gasteiger charge is 2.48. The summed E-state index contributed by atoms with van der Waals surface area (Å²) < 4.78 is 40.7. The Morgan fingerprint density at radius 3 is 2.58 bits per heavy atom. The first-order valence-corrected chi connectivity index (χ1v) is 14.4. The second-order valence-corrected chi connectivity index (χ2v) is 11.8. The summed E-state index contributed by atoms with van der Waals surface area (Å²) in [7, 11) is 0. The van der Waals surface area contributed by atoms with Gasteiger partial charge in [0.25, 0.3) is 0 Å². The maximum Gasteiger partial charge on any atom is 0.446 e. The molecular formula is C29H27Cl2F3N4OS. The number of halogens is 5. The lowest BCUT2D eigenvalue weighted by atomic mass is 9.75. The van der Waals surface area contributed by atoms with E-state index in [4.69, 9.17) is 23.2 Å². The zero-order chi connectivity index (χ0) is 28.3. The number of nitrogens with zero attached hydrogens (tertiary/aromatic N) is 3. The molecule has 5 rings (SSSR count). The Balaban J connectivity index is 1.49. The number of piperidine rings is 1. The van der Waals surface area contributed by atoms with E-state index in [1.54, 1.807) is 52.4 Å². The summed E-state index contributed by atoms with van der Waals surface area (Å²) in [5, 5.41) is 4.25. The number of hydrogen-bond donors (Lipinski definition) is 1. The highest BCUT2D eigenvalue weighted by molar-refractivity contribution is 8.00. The molecule has 40 heavy (non-hydrogen) atoms. The highest BCUT2D eigenvalue weighted by Crippen LogP contribution is 2.52. The van der Waals surface area contributed by atoms with Crippen LogP contribution in [0.15, 0.2) is 71.8 Å². The van der Waals surface area contributed by atoms with Crippen molar-refractivity contribution >= 4 is 52.8 Å². The molecule has 2 amide bonds. The van der Waals surface area contributed by atoms with E-state index >= 15 is 0 Å². The molecule has 0 atom stereocenters. The molecular weight excluding hydrogens is 580 g/mol. The van der Waals surface area contributed by atoms with Gasteiger partial charge in [0.1, 0.15) is 5.15 Å². The minimum Gasteiger partial charge on any atom is -0.317 e. The topological polar surface area (TPSA) is 48.5 Å². The van der Waals surface area contributed by atoms with Gasteiger partial charge in [0.15, 0.2) is 0 Å². The Bertz CT molecular complexity index is 1390. The predicted molar refractivity (Wildman–Crippen MR) is 155 cm³/mol. The van der Waals surface area contributed by atoms with Crippen molar-refractivity contribution in [1.29, 1.82) is 0 Å². The maximum atomic E-state index is 14.2. The van der Waals surface area contributed by atoms with Crippen LogP contribution >= 0.6 is 35.0 Å². The van der Waals surface area contributed by atoms with Gasteiger partial charge in [0.05, 0.1) is 5.69 Å². The van der Waals surface area contributed by atoms with E-state index in [0.29, 0.717) is 53.9 Å². The van der Waals surface area contributed by atoms with Crippen molar-refractivity contribution in [2.45, 2.75) is 35.2 Å². The maximum absolute atomic E-state index is 14.2. The molecule has 3 aromatic rings. The molecule has 1 aromatic heterocycles. The van der Waals surface area contributed by atoms with Crippen LogP contribution in [-0.4, -0.2) is 47.6 Å². The van der Waals surface area contributed by atoms with Crippen molar-refractivity contribution in [3.05, 3.63) is 93.7 Å². The molecule has 5 nitrogen and oxygen atoms in total. The Morgan fingerprint density at radius 2 is 1.88 bits per heavy atom. The van der Waals surface area contributed by atoms with Gasteiger partial charge in [-0.1, -0.05) is 53.6 Å². The number of amides is 2. The fraction of sp³-hybridized carbons (Fsp3) is 0.310. The van der Waals surface area contributed by atoms with Crippen LogP contribution in [0.4, 0.5) is 23.7 Å². The third-order valence-corrected chi connectivity index (χ3v) is 8.49. The summed E-state index contributed by atoms with van der Waals surface area (Å²) in [6.45, 7) is 2.21. The van der Waals surface area contributed by atoms with Crippen molar-refractivity contribution in [2.24, 2.45) is 0 Å². The van der Waals surface area contributed by atoms with E-state index in [1.807, 2.05) is 24.3 Å². The van der Waals surface area contributed by atoms with Crippen LogP contribution in [0.5, 0.6) is 0 Å². The summed E-state index contributed by atoms with van der Waals surface area (Å²) in [6, 6.07) is 15.4. The monoisotopic (exact) mass is 606 g/mol. The minimum absolute atomic E-state index is 0.102. The molecule has 1 spiro atoms. The molecule has 3 heterocycles. The first kappa shape index (κ1) is 28.8. The van der Waals surface area contributed by atoms with Crippen LogP contribution < -0.4 is 10.2 Å². The molecule has 1 saturated heterocycles. The first-order chi connectivity index (χ1) is 19.1. The molecule has 0 saturated carbocycles. The average molecular weight is 608 g/mol. The van der Waals surface area contributed by atoms with E-state index in [9.17, 15) is 18.0 Å². The number of fused-ring (bicyclic) bond motifs is 2. The molecule has 0 radical (unpaired) electrons. The van der Waals surface area contributed by atoms with E-state index in [-0.39, 0.29) is 35.8 Å². The Morgan fingerprint density at radius 1 is 1.12 bits per heavy atom. The Labute approximate surface area is 245 Å². The number of anilines is 1. The lowest BCUT2D eigenvalue weighted by molar-refractivity contribution is -0.0328. The van der Waals surface area contributed by atoms with Crippen LogP contribution in [0.2, 0.25) is 10.2 Å². The lowest BCUT2D eigenvalue weighted by Crippen LogP contribution is -2.48. The average Bonchev–Trinajstić information content (AvgIpc) is 3.23. The van der Waals surface area contributed by atoms with Gasteiger partial charge >= 0.3 is 11.5 Å². The molecule has 210 valence electrons. The van der Waals surface area contributed by atoms with Gasteiger partial charge in [-0.2, -0.15) is 13.2 Å². The van der Waals surface area contributed by atoms with E-state index in [2.05, 4.69) is 10.3 Å². The first-order valence-electron chi connectivity index (χ1n) is 12.8. The third kappa shape index (κ3) is 6.60. The van der Waals surface area contributed by atoms with Crippen molar-refractivity contribution in [1.82, 2.24) is 15.2 Å². The zero-order valence-electron chi connectivity index (χ0n) is 21.4. The van der Waals surface area contributed by atoms with Gasteiger partial charge in [-0.05, 0) is 90.8 Å². The summed E-state index contributed by atoms with van der Waals surface area (Å²) in [5.74, 6) is 0. The van der Waals surface area contributed by atoms with Crippen LogP contribution in [0.1, 0.15) is 29.5 Å². The molecule has 0 unspecified atom stereocenters. The number of carbonyl (C=O) groups excluding carboxylic acids is 1. The van der Waals surface area contributed by atoms with Crippen LogP contribution in [0.25, 0.3) is 6.08 Å². The van der Waals surface area contributed by atoms with E-state index in [0.717, 1.165) is 11.1 Å². The number of rotatable bonds is 6. The lowest BCUT2D eigenvalue weighted by Gasteiger charge is -2.36. The highest BCUT2D eigenvalue weighted by atomic mass is 35.5. The van der Waals surface area contributed by atoms with Gasteiger partial charge < -0.3 is 10.2 Å². The number of thioether (sulfide) groups is 1.